The van der Waals surface area contributed by atoms with Gasteiger partial charge in [0.15, 0.2) is 5.11 Å². The lowest BCUT2D eigenvalue weighted by atomic mass is 10.00. The number of rotatable bonds is 3. The molecule has 158 valence electrons. The van der Waals surface area contributed by atoms with Gasteiger partial charge in [0.05, 0.1) is 22.6 Å². The molecule has 4 aromatic rings. The van der Waals surface area contributed by atoms with Crippen molar-refractivity contribution in [1.82, 2.24) is 19.9 Å². The molecule has 3 heterocycles. The van der Waals surface area contributed by atoms with E-state index in [1.165, 1.54) is 0 Å². The maximum atomic E-state index is 5.88. The standard InChI is InChI=1S/C24H26N6S/c1-16(2)22-15-29(23-26-20-8-3-4-9-21(20)27-23)13-14-30(22)24(31)28-19-11-5-10-18-17(19)7-6-12-25-18/h3-12,16,22H,13-15H2,1-2H3,(H,26,27)(H,28,31). The number of nitrogens with zero attached hydrogens (tertiary/aromatic N) is 4. The first-order valence-corrected chi connectivity index (χ1v) is 11.1. The zero-order valence-electron chi connectivity index (χ0n) is 17.7. The largest absolute Gasteiger partial charge is 0.342 e. The molecule has 1 unspecified atom stereocenters. The van der Waals surface area contributed by atoms with Crippen molar-refractivity contribution in [2.45, 2.75) is 19.9 Å². The van der Waals surface area contributed by atoms with E-state index in [1.807, 2.05) is 42.6 Å². The van der Waals surface area contributed by atoms with Crippen molar-refractivity contribution in [2.24, 2.45) is 5.92 Å². The predicted molar refractivity (Wildman–Crippen MR) is 132 cm³/mol. The van der Waals surface area contributed by atoms with E-state index in [9.17, 15) is 0 Å². The second-order valence-corrected chi connectivity index (χ2v) is 8.72. The van der Waals surface area contributed by atoms with E-state index in [1.54, 1.807) is 0 Å². The summed E-state index contributed by atoms with van der Waals surface area (Å²) in [6.45, 7) is 7.08. The van der Waals surface area contributed by atoms with E-state index in [-0.39, 0.29) is 6.04 Å². The first-order valence-electron chi connectivity index (χ1n) is 10.7. The molecule has 1 fully saturated rings. The highest BCUT2D eigenvalue weighted by Crippen LogP contribution is 2.26. The van der Waals surface area contributed by atoms with Crippen molar-refractivity contribution < 1.29 is 0 Å². The van der Waals surface area contributed by atoms with Crippen molar-refractivity contribution in [2.75, 3.05) is 29.9 Å². The molecular weight excluding hydrogens is 404 g/mol. The number of hydrogen-bond donors (Lipinski definition) is 2. The van der Waals surface area contributed by atoms with Gasteiger partial charge >= 0.3 is 0 Å². The molecule has 1 aliphatic rings. The zero-order valence-corrected chi connectivity index (χ0v) is 18.6. The minimum Gasteiger partial charge on any atom is -0.342 e. The molecule has 1 saturated heterocycles. The van der Waals surface area contributed by atoms with Crippen LogP contribution in [0.3, 0.4) is 0 Å². The summed E-state index contributed by atoms with van der Waals surface area (Å²) in [5.41, 5.74) is 4.04. The van der Waals surface area contributed by atoms with Crippen LogP contribution in [0, 0.1) is 5.92 Å². The van der Waals surface area contributed by atoms with Crippen LogP contribution in [0.4, 0.5) is 11.6 Å². The van der Waals surface area contributed by atoms with E-state index >= 15 is 0 Å². The van der Waals surface area contributed by atoms with Crippen molar-refractivity contribution >= 4 is 50.9 Å². The number of nitrogens with one attached hydrogen (secondary N) is 2. The number of benzene rings is 2. The Hall–Kier alpha value is -3.19. The molecule has 1 atom stereocenters. The highest BCUT2D eigenvalue weighted by Gasteiger charge is 2.32. The third kappa shape index (κ3) is 3.81. The molecule has 0 radical (unpaired) electrons. The Morgan fingerprint density at radius 3 is 2.74 bits per heavy atom. The maximum absolute atomic E-state index is 5.88. The molecule has 0 bridgehead atoms. The van der Waals surface area contributed by atoms with Crippen LogP contribution in [0.15, 0.2) is 60.8 Å². The van der Waals surface area contributed by atoms with Crippen LogP contribution < -0.4 is 10.2 Å². The van der Waals surface area contributed by atoms with Crippen molar-refractivity contribution in [1.29, 1.82) is 0 Å². The predicted octanol–water partition coefficient (Wildman–Crippen LogP) is 4.65. The van der Waals surface area contributed by atoms with E-state index in [0.717, 1.165) is 58.3 Å². The van der Waals surface area contributed by atoms with Gasteiger partial charge in [0.2, 0.25) is 5.95 Å². The molecule has 0 amide bonds. The molecule has 2 aromatic heterocycles. The molecule has 6 nitrogen and oxygen atoms in total. The smallest absolute Gasteiger partial charge is 0.203 e. The Labute approximate surface area is 187 Å². The second kappa shape index (κ2) is 8.15. The lowest BCUT2D eigenvalue weighted by Gasteiger charge is -2.44. The summed E-state index contributed by atoms with van der Waals surface area (Å²) in [6, 6.07) is 18.6. The van der Waals surface area contributed by atoms with E-state index in [2.05, 4.69) is 57.1 Å². The lowest BCUT2D eigenvalue weighted by Crippen LogP contribution is -2.58. The van der Waals surface area contributed by atoms with Gasteiger partial charge in [-0.3, -0.25) is 4.98 Å². The van der Waals surface area contributed by atoms with Crippen LogP contribution >= 0.6 is 12.2 Å². The van der Waals surface area contributed by atoms with Gasteiger partial charge in [0.1, 0.15) is 0 Å². The van der Waals surface area contributed by atoms with Crippen molar-refractivity contribution in [3.05, 3.63) is 60.8 Å². The minimum absolute atomic E-state index is 0.287. The molecule has 7 heteroatoms. The molecule has 5 rings (SSSR count). The van der Waals surface area contributed by atoms with E-state index in [4.69, 9.17) is 17.2 Å². The third-order valence-electron chi connectivity index (χ3n) is 6.01. The number of anilines is 2. The Morgan fingerprint density at radius 2 is 1.90 bits per heavy atom. The maximum Gasteiger partial charge on any atom is 0.203 e. The normalized spacial score (nSPS) is 16.9. The number of fused-ring (bicyclic) bond motifs is 2. The van der Waals surface area contributed by atoms with Crippen LogP contribution in [0.1, 0.15) is 13.8 Å². The molecule has 1 aliphatic heterocycles. The Bertz CT molecular complexity index is 1190. The van der Waals surface area contributed by atoms with Crippen molar-refractivity contribution in [3.63, 3.8) is 0 Å². The van der Waals surface area contributed by atoms with Gasteiger partial charge in [0, 0.05) is 36.9 Å². The molecular formula is C24H26N6S. The van der Waals surface area contributed by atoms with Crippen LogP contribution in [0.5, 0.6) is 0 Å². The van der Waals surface area contributed by atoms with E-state index in [0.29, 0.717) is 5.92 Å². The van der Waals surface area contributed by atoms with Gasteiger partial charge in [-0.2, -0.15) is 0 Å². The summed E-state index contributed by atoms with van der Waals surface area (Å²) in [7, 11) is 0. The third-order valence-corrected chi connectivity index (χ3v) is 6.35. The van der Waals surface area contributed by atoms with E-state index < -0.39 is 0 Å². The summed E-state index contributed by atoms with van der Waals surface area (Å²) in [4.78, 5) is 17.4. The number of pyridine rings is 1. The van der Waals surface area contributed by atoms with Crippen LogP contribution in [-0.2, 0) is 0 Å². The van der Waals surface area contributed by atoms with Gasteiger partial charge in [0.25, 0.3) is 0 Å². The second-order valence-electron chi connectivity index (χ2n) is 8.33. The number of aromatic amines is 1. The molecule has 2 N–H and O–H groups in total. The summed E-state index contributed by atoms with van der Waals surface area (Å²) in [5, 5.41) is 5.33. The fourth-order valence-electron chi connectivity index (χ4n) is 4.31. The Morgan fingerprint density at radius 1 is 1.06 bits per heavy atom. The average molecular weight is 431 g/mol. The van der Waals surface area contributed by atoms with Crippen LogP contribution in [-0.4, -0.2) is 50.6 Å². The highest BCUT2D eigenvalue weighted by atomic mass is 32.1. The summed E-state index contributed by atoms with van der Waals surface area (Å²) < 4.78 is 0. The summed E-state index contributed by atoms with van der Waals surface area (Å²) in [5.74, 6) is 1.38. The monoisotopic (exact) mass is 430 g/mol. The van der Waals surface area contributed by atoms with Gasteiger partial charge in [-0.15, -0.1) is 0 Å². The number of H-pyrrole nitrogens is 1. The van der Waals surface area contributed by atoms with Crippen LogP contribution in [0.2, 0.25) is 0 Å². The van der Waals surface area contributed by atoms with Gasteiger partial charge in [-0.25, -0.2) is 4.98 Å². The Balaban J connectivity index is 1.36. The number of para-hydroxylation sites is 2. The quantitative estimate of drug-likeness (QED) is 0.461. The molecule has 2 aromatic carbocycles. The number of piperazine rings is 1. The molecule has 0 spiro atoms. The lowest BCUT2D eigenvalue weighted by molar-refractivity contribution is 0.227. The highest BCUT2D eigenvalue weighted by molar-refractivity contribution is 7.80. The fourth-order valence-corrected chi connectivity index (χ4v) is 4.65. The summed E-state index contributed by atoms with van der Waals surface area (Å²) in [6.07, 6.45) is 1.82. The van der Waals surface area contributed by atoms with Crippen LogP contribution in [0.25, 0.3) is 21.9 Å². The first kappa shape index (κ1) is 19.8. The Kier molecular flexibility index (Phi) is 5.19. The summed E-state index contributed by atoms with van der Waals surface area (Å²) >= 11 is 5.88. The molecule has 31 heavy (non-hydrogen) atoms. The number of aromatic nitrogens is 3. The first-order chi connectivity index (χ1) is 15.1. The van der Waals surface area contributed by atoms with Gasteiger partial charge in [-0.05, 0) is 54.5 Å². The molecule has 0 aliphatic carbocycles. The number of thiocarbonyl (C=S) groups is 1. The number of hydrogen-bond acceptors (Lipinski definition) is 4. The van der Waals surface area contributed by atoms with Gasteiger partial charge in [-0.1, -0.05) is 32.0 Å². The number of imidazole rings is 1. The fraction of sp³-hybridized carbons (Fsp3) is 0.292. The topological polar surface area (TPSA) is 60.1 Å². The minimum atomic E-state index is 0.287. The van der Waals surface area contributed by atoms with Crippen molar-refractivity contribution in [3.8, 4) is 0 Å². The van der Waals surface area contributed by atoms with Gasteiger partial charge < -0.3 is 20.1 Å². The SMILES string of the molecule is CC(C)C1CN(c2nc3ccccc3[nH]2)CCN1C(=S)Nc1cccc2ncccc12. The molecule has 0 saturated carbocycles. The zero-order chi connectivity index (χ0) is 21.4. The average Bonchev–Trinajstić information content (AvgIpc) is 3.23.